The lowest BCUT2D eigenvalue weighted by atomic mass is 9.66. The van der Waals surface area contributed by atoms with Crippen LogP contribution in [0.3, 0.4) is 0 Å². The third-order valence-corrected chi connectivity index (χ3v) is 8.64. The predicted molar refractivity (Wildman–Crippen MR) is 151 cm³/mol. The molecule has 0 radical (unpaired) electrons. The van der Waals surface area contributed by atoms with Crippen LogP contribution in [0.5, 0.6) is 0 Å². The maximum absolute atomic E-state index is 14.6. The van der Waals surface area contributed by atoms with Crippen molar-refractivity contribution < 1.29 is 29.0 Å². The summed E-state index contributed by atoms with van der Waals surface area (Å²) in [6, 6.07) is -0.882. The van der Waals surface area contributed by atoms with Crippen molar-refractivity contribution in [1.29, 1.82) is 0 Å². The number of carbonyl (C=O) groups is 3. The van der Waals surface area contributed by atoms with E-state index in [2.05, 4.69) is 33.9 Å². The summed E-state index contributed by atoms with van der Waals surface area (Å²) in [5, 5.41) is 9.60. The molecule has 3 fully saturated rings. The van der Waals surface area contributed by atoms with Gasteiger partial charge < -0.3 is 24.4 Å². The number of amides is 2. The highest BCUT2D eigenvalue weighted by Gasteiger charge is 2.78. The van der Waals surface area contributed by atoms with Gasteiger partial charge in [0.05, 0.1) is 18.1 Å². The lowest BCUT2D eigenvalue weighted by Gasteiger charge is -2.45. The lowest BCUT2D eigenvalue weighted by molar-refractivity contribution is -0.161. The minimum Gasteiger partial charge on any atom is -0.465 e. The first kappa shape index (κ1) is 31.3. The highest BCUT2D eigenvalue weighted by Crippen LogP contribution is 2.63. The van der Waals surface area contributed by atoms with Gasteiger partial charge in [-0.3, -0.25) is 14.4 Å². The number of carbonyl (C=O) groups excluding carboxylic acids is 3. The van der Waals surface area contributed by atoms with E-state index in [0.717, 1.165) is 25.7 Å². The van der Waals surface area contributed by atoms with E-state index >= 15 is 0 Å². The molecule has 220 valence electrons. The Morgan fingerprint density at radius 1 is 1.15 bits per heavy atom. The predicted octanol–water partition coefficient (Wildman–Crippen LogP) is 4.26. The van der Waals surface area contributed by atoms with Crippen LogP contribution >= 0.6 is 0 Å². The van der Waals surface area contributed by atoms with Crippen molar-refractivity contribution in [3.63, 3.8) is 0 Å². The van der Waals surface area contributed by atoms with E-state index in [1.54, 1.807) is 11.0 Å². The highest BCUT2D eigenvalue weighted by molar-refractivity contribution is 5.98. The summed E-state index contributed by atoms with van der Waals surface area (Å²) in [5.74, 6) is -2.45. The molecule has 0 aliphatic carbocycles. The number of likely N-dealkylation sites (tertiary alicyclic amines) is 1. The molecule has 3 rings (SSSR count). The van der Waals surface area contributed by atoms with E-state index in [4.69, 9.17) is 9.47 Å². The van der Waals surface area contributed by atoms with Crippen LogP contribution in [-0.2, 0) is 23.9 Å². The molecule has 3 saturated heterocycles. The summed E-state index contributed by atoms with van der Waals surface area (Å²) in [4.78, 5) is 45.5. The van der Waals surface area contributed by atoms with E-state index < -0.39 is 40.6 Å². The van der Waals surface area contributed by atoms with Crippen molar-refractivity contribution in [2.75, 3.05) is 26.3 Å². The fraction of sp³-hybridized carbons (Fsp3) is 0.774. The number of aliphatic hydroxyl groups is 1. The van der Waals surface area contributed by atoms with E-state index in [0.29, 0.717) is 25.8 Å². The summed E-state index contributed by atoms with van der Waals surface area (Å²) < 4.78 is 12.4. The maximum atomic E-state index is 14.6. The number of rotatable bonds is 14. The van der Waals surface area contributed by atoms with Crippen LogP contribution in [0.25, 0.3) is 0 Å². The largest absolute Gasteiger partial charge is 0.465 e. The molecule has 2 bridgehead atoms. The molecule has 3 aliphatic heterocycles. The number of fused-ring (bicyclic) bond motifs is 1. The first-order chi connectivity index (χ1) is 18.2. The van der Waals surface area contributed by atoms with Crippen LogP contribution in [0.1, 0.15) is 86.5 Å². The minimum absolute atomic E-state index is 0.0393. The quantitative estimate of drug-likeness (QED) is 0.199. The van der Waals surface area contributed by atoms with E-state index in [1.165, 1.54) is 0 Å². The molecule has 3 aliphatic rings. The molecule has 5 atom stereocenters. The summed E-state index contributed by atoms with van der Waals surface area (Å²) in [5.41, 5.74) is -2.54. The number of unbranched alkanes of at least 4 members (excludes halogenated alkanes) is 2. The van der Waals surface area contributed by atoms with Gasteiger partial charge in [-0.25, -0.2) is 0 Å². The van der Waals surface area contributed by atoms with Gasteiger partial charge in [0.2, 0.25) is 11.8 Å². The van der Waals surface area contributed by atoms with Crippen LogP contribution in [-0.4, -0.2) is 81.8 Å². The van der Waals surface area contributed by atoms with Crippen molar-refractivity contribution in [3.8, 4) is 0 Å². The zero-order valence-electron chi connectivity index (χ0n) is 25.0. The Morgan fingerprint density at radius 2 is 1.85 bits per heavy atom. The number of hydrogen-bond donors (Lipinski definition) is 1. The third kappa shape index (κ3) is 5.97. The normalized spacial score (nSPS) is 29.9. The number of hydrogen-bond acceptors (Lipinski definition) is 6. The zero-order chi connectivity index (χ0) is 29.2. The fourth-order valence-electron chi connectivity index (χ4n) is 7.50. The van der Waals surface area contributed by atoms with Crippen molar-refractivity contribution in [2.45, 2.75) is 109 Å². The monoisotopic (exact) mass is 546 g/mol. The van der Waals surface area contributed by atoms with Gasteiger partial charge in [0, 0.05) is 25.2 Å². The van der Waals surface area contributed by atoms with Crippen molar-refractivity contribution in [3.05, 3.63) is 25.3 Å². The van der Waals surface area contributed by atoms with Gasteiger partial charge >= 0.3 is 5.97 Å². The fourth-order valence-corrected chi connectivity index (χ4v) is 7.50. The van der Waals surface area contributed by atoms with Gasteiger partial charge in [0.25, 0.3) is 0 Å². The van der Waals surface area contributed by atoms with Gasteiger partial charge in [0.15, 0.2) is 0 Å². The third-order valence-electron chi connectivity index (χ3n) is 8.64. The highest BCUT2D eigenvalue weighted by atomic mass is 16.6. The van der Waals surface area contributed by atoms with Crippen LogP contribution < -0.4 is 0 Å². The van der Waals surface area contributed by atoms with Gasteiger partial charge in [-0.2, -0.15) is 0 Å². The maximum Gasteiger partial charge on any atom is 0.312 e. The summed E-state index contributed by atoms with van der Waals surface area (Å²) in [6.07, 6.45) is 8.15. The van der Waals surface area contributed by atoms with Crippen LogP contribution in [0.15, 0.2) is 25.3 Å². The lowest BCUT2D eigenvalue weighted by Crippen LogP contribution is -2.61. The van der Waals surface area contributed by atoms with E-state index in [9.17, 15) is 19.5 Å². The van der Waals surface area contributed by atoms with Crippen molar-refractivity contribution in [1.82, 2.24) is 9.80 Å². The average molecular weight is 547 g/mol. The van der Waals surface area contributed by atoms with Gasteiger partial charge in [-0.1, -0.05) is 32.9 Å². The smallest absolute Gasteiger partial charge is 0.312 e. The molecule has 0 saturated carbocycles. The second kappa shape index (κ2) is 11.7. The second-order valence-electron chi connectivity index (χ2n) is 13.6. The Morgan fingerprint density at radius 3 is 2.44 bits per heavy atom. The molecule has 39 heavy (non-hydrogen) atoms. The molecule has 0 aromatic carbocycles. The summed E-state index contributed by atoms with van der Waals surface area (Å²) in [6.45, 7) is 20.7. The Hall–Kier alpha value is -2.19. The van der Waals surface area contributed by atoms with Crippen LogP contribution in [0, 0.1) is 17.3 Å². The molecule has 8 heteroatoms. The second-order valence-corrected chi connectivity index (χ2v) is 13.6. The topological polar surface area (TPSA) is 96.4 Å². The molecular weight excluding hydrogens is 496 g/mol. The number of allylic oxidation sites excluding steroid dienone is 1. The zero-order valence-corrected chi connectivity index (χ0v) is 25.0. The number of nitrogens with zero attached hydrogens (tertiary/aromatic N) is 2. The molecule has 0 aromatic rings. The van der Waals surface area contributed by atoms with Gasteiger partial charge in [-0.05, 0) is 71.1 Å². The van der Waals surface area contributed by atoms with Crippen molar-refractivity contribution in [2.24, 2.45) is 17.3 Å². The molecule has 8 nitrogen and oxygen atoms in total. The molecule has 3 heterocycles. The number of aliphatic hydroxyl groups excluding tert-OH is 1. The Balaban J connectivity index is 1.99. The van der Waals surface area contributed by atoms with Crippen LogP contribution in [0.2, 0.25) is 0 Å². The van der Waals surface area contributed by atoms with Crippen LogP contribution in [0.4, 0.5) is 0 Å². The molecular formula is C31H50N2O6. The molecule has 2 unspecified atom stereocenters. The molecule has 2 amide bonds. The molecule has 1 spiro atoms. The first-order valence-electron chi connectivity index (χ1n) is 14.5. The first-order valence-corrected chi connectivity index (χ1v) is 14.5. The number of esters is 1. The Bertz CT molecular complexity index is 955. The number of ether oxygens (including phenoxy) is 2. The summed E-state index contributed by atoms with van der Waals surface area (Å²) in [7, 11) is 0. The van der Waals surface area contributed by atoms with Gasteiger partial charge in [0.1, 0.15) is 17.6 Å². The molecule has 1 N–H and O–H groups in total. The van der Waals surface area contributed by atoms with Crippen molar-refractivity contribution >= 4 is 17.8 Å². The SMILES string of the molecule is C=CCCCCOC(=O)[C@H]1[C@H]2C(=O)N(CCCO)C(C(=O)N(CC=C)C(C)(C)CC(C)(C)C)C23CC[C@]1(C)O3. The standard InChI is InChI=1S/C31H50N2O6/c1-9-11-12-13-20-38-27(37)23-22-25(35)32(18-14-19-34)24(31(22)16-15-30(23,8)39-31)26(36)33(17-10-2)29(6,7)21-28(3,4)5/h9-10,22-24,34H,1-2,11-21H2,3-8H3/t22-,23+,24?,30-,31?/m0/s1. The van der Waals surface area contributed by atoms with E-state index in [-0.39, 0.29) is 37.0 Å². The minimum atomic E-state index is -1.11. The average Bonchev–Trinajstić information content (AvgIpc) is 3.39. The van der Waals surface area contributed by atoms with E-state index in [1.807, 2.05) is 31.7 Å². The summed E-state index contributed by atoms with van der Waals surface area (Å²) >= 11 is 0. The molecule has 0 aromatic heterocycles. The Labute approximate surface area is 234 Å². The Kier molecular flexibility index (Phi) is 9.43. The van der Waals surface area contributed by atoms with Gasteiger partial charge in [-0.15, -0.1) is 13.2 Å².